The molecule has 11 nitrogen and oxygen atoms in total. The Balaban J connectivity index is 1.44. The molecule has 14 heteroatoms. The van der Waals surface area contributed by atoms with Crippen molar-refractivity contribution in [1.29, 1.82) is 0 Å². The van der Waals surface area contributed by atoms with Gasteiger partial charge in [0.05, 0.1) is 28.6 Å². The van der Waals surface area contributed by atoms with Crippen LogP contribution in [-0.4, -0.2) is 75.1 Å². The van der Waals surface area contributed by atoms with Crippen LogP contribution in [0.3, 0.4) is 0 Å². The molecule has 0 bridgehead atoms. The summed E-state index contributed by atoms with van der Waals surface area (Å²) in [5.74, 6) is -0.785. The highest BCUT2D eigenvalue weighted by Gasteiger charge is 2.37. The number of ether oxygens (including phenoxy) is 1. The number of benzene rings is 1. The van der Waals surface area contributed by atoms with E-state index in [1.807, 2.05) is 7.05 Å². The van der Waals surface area contributed by atoms with Crippen molar-refractivity contribution in [2.45, 2.75) is 55.0 Å². The van der Waals surface area contributed by atoms with Crippen LogP contribution in [0.25, 0.3) is 16.9 Å². The van der Waals surface area contributed by atoms with Crippen molar-refractivity contribution in [3.05, 3.63) is 54.6 Å². The van der Waals surface area contributed by atoms with Crippen molar-refractivity contribution in [2.75, 3.05) is 18.9 Å². The number of likely N-dealkylation sites (N-methyl/N-ethyl adjacent to an activating group) is 1. The maximum absolute atomic E-state index is 13.4. The lowest BCUT2D eigenvalue weighted by atomic mass is 10.1. The van der Waals surface area contributed by atoms with Crippen molar-refractivity contribution < 1.29 is 26.7 Å². The molecule has 1 amide bonds. The van der Waals surface area contributed by atoms with Crippen LogP contribution in [0.5, 0.6) is 5.75 Å². The van der Waals surface area contributed by atoms with Gasteiger partial charge in [0, 0.05) is 30.2 Å². The SMILES string of the molecule is CN1CCC[C@@H]1Cn1cc(NC(=O)c2cnn3cccnc23)c(-c2cc(S(=O)(=O)C3CC3)ccc2OC(F)F)n1. The molecule has 0 radical (unpaired) electrons. The third-order valence-corrected chi connectivity index (χ3v) is 9.58. The van der Waals surface area contributed by atoms with Crippen molar-refractivity contribution >= 4 is 27.1 Å². The molecule has 1 saturated carbocycles. The number of halogens is 2. The first kappa shape index (κ1) is 26.3. The van der Waals surface area contributed by atoms with Gasteiger partial charge in [-0.15, -0.1) is 0 Å². The summed E-state index contributed by atoms with van der Waals surface area (Å²) >= 11 is 0. The summed E-state index contributed by atoms with van der Waals surface area (Å²) in [7, 11) is -1.63. The van der Waals surface area contributed by atoms with Gasteiger partial charge in [-0.2, -0.15) is 19.0 Å². The summed E-state index contributed by atoms with van der Waals surface area (Å²) < 4.78 is 60.7. The number of carbonyl (C=O) groups excluding carboxylic acids is 1. The zero-order valence-corrected chi connectivity index (χ0v) is 22.4. The van der Waals surface area contributed by atoms with Gasteiger partial charge in [0.15, 0.2) is 15.5 Å². The summed E-state index contributed by atoms with van der Waals surface area (Å²) in [6.07, 6.45) is 9.27. The molecule has 6 rings (SSSR count). The molecule has 4 heterocycles. The number of alkyl halides is 2. The number of nitrogens with one attached hydrogen (secondary N) is 1. The predicted octanol–water partition coefficient (Wildman–Crippen LogP) is 3.48. The van der Waals surface area contributed by atoms with Crippen LogP contribution < -0.4 is 10.1 Å². The van der Waals surface area contributed by atoms with E-state index in [1.54, 1.807) is 23.1 Å². The molecule has 1 aromatic carbocycles. The highest BCUT2D eigenvalue weighted by Crippen LogP contribution is 2.40. The number of hydrogen-bond acceptors (Lipinski definition) is 8. The predicted molar refractivity (Wildman–Crippen MR) is 141 cm³/mol. The van der Waals surface area contributed by atoms with Gasteiger partial charge in [-0.1, -0.05) is 0 Å². The Morgan fingerprint density at radius 3 is 2.80 bits per heavy atom. The quantitative estimate of drug-likeness (QED) is 0.324. The first-order valence-corrected chi connectivity index (χ1v) is 14.5. The van der Waals surface area contributed by atoms with Gasteiger partial charge in [-0.3, -0.25) is 9.48 Å². The number of sulfone groups is 1. The molecule has 0 spiro atoms. The summed E-state index contributed by atoms with van der Waals surface area (Å²) in [4.78, 5) is 19.8. The summed E-state index contributed by atoms with van der Waals surface area (Å²) in [6, 6.07) is 5.64. The van der Waals surface area contributed by atoms with Crippen LogP contribution in [0.1, 0.15) is 36.0 Å². The molecule has 1 atom stereocenters. The molecule has 210 valence electrons. The van der Waals surface area contributed by atoms with Crippen LogP contribution in [0.15, 0.2) is 53.9 Å². The fraction of sp³-hybridized carbons (Fsp3) is 0.385. The Morgan fingerprint density at radius 2 is 2.08 bits per heavy atom. The van der Waals surface area contributed by atoms with Gasteiger partial charge in [0.1, 0.15) is 17.0 Å². The minimum Gasteiger partial charge on any atom is -0.434 e. The molecule has 2 fully saturated rings. The Hall–Kier alpha value is -3.91. The molecule has 2 aliphatic rings. The first-order valence-electron chi connectivity index (χ1n) is 12.9. The largest absolute Gasteiger partial charge is 0.434 e. The van der Waals surface area contributed by atoms with E-state index in [4.69, 9.17) is 4.74 Å². The summed E-state index contributed by atoms with van der Waals surface area (Å²) in [6.45, 7) is -1.72. The third-order valence-electron chi connectivity index (χ3n) is 7.32. The Labute approximate surface area is 228 Å². The number of nitrogens with zero attached hydrogens (tertiary/aromatic N) is 6. The zero-order valence-electron chi connectivity index (χ0n) is 21.6. The first-order chi connectivity index (χ1) is 19.2. The number of carbonyl (C=O) groups is 1. The third kappa shape index (κ3) is 5.04. The molecule has 1 N–H and O–H groups in total. The number of rotatable bonds is 9. The summed E-state index contributed by atoms with van der Waals surface area (Å²) in [5, 5.41) is 11.1. The highest BCUT2D eigenvalue weighted by molar-refractivity contribution is 7.92. The fourth-order valence-electron chi connectivity index (χ4n) is 5.05. The summed E-state index contributed by atoms with van der Waals surface area (Å²) in [5.41, 5.74) is 0.890. The molecule has 1 aliphatic heterocycles. The molecular formula is C26H27F2N7O4S. The number of fused-ring (bicyclic) bond motifs is 1. The highest BCUT2D eigenvalue weighted by atomic mass is 32.2. The fourth-order valence-corrected chi connectivity index (χ4v) is 6.73. The van der Waals surface area contributed by atoms with Crippen LogP contribution in [-0.2, 0) is 16.4 Å². The molecule has 3 aromatic heterocycles. The average molecular weight is 572 g/mol. The van der Waals surface area contributed by atoms with E-state index in [-0.39, 0.29) is 39.2 Å². The van der Waals surface area contributed by atoms with Crippen LogP contribution >= 0.6 is 0 Å². The smallest absolute Gasteiger partial charge is 0.387 e. The van der Waals surface area contributed by atoms with Crippen LogP contribution in [0.4, 0.5) is 14.5 Å². The van der Waals surface area contributed by atoms with E-state index in [2.05, 4.69) is 25.4 Å². The van der Waals surface area contributed by atoms with Crippen molar-refractivity contribution in [1.82, 2.24) is 29.3 Å². The van der Waals surface area contributed by atoms with Gasteiger partial charge in [0.25, 0.3) is 5.91 Å². The average Bonchev–Trinajstić information content (AvgIpc) is 3.42. The van der Waals surface area contributed by atoms with E-state index in [1.165, 1.54) is 35.1 Å². The van der Waals surface area contributed by atoms with Gasteiger partial charge in [-0.05, 0) is 63.5 Å². The number of amides is 1. The van der Waals surface area contributed by atoms with Gasteiger partial charge in [-0.25, -0.2) is 17.9 Å². The van der Waals surface area contributed by atoms with Crippen molar-refractivity contribution in [3.8, 4) is 17.0 Å². The molecular weight excluding hydrogens is 544 g/mol. The lowest BCUT2D eigenvalue weighted by Gasteiger charge is -2.19. The normalized spacial score (nSPS) is 18.1. The van der Waals surface area contributed by atoms with E-state index in [0.717, 1.165) is 19.4 Å². The van der Waals surface area contributed by atoms with Crippen molar-refractivity contribution in [3.63, 3.8) is 0 Å². The second-order valence-corrected chi connectivity index (χ2v) is 12.3. The number of aromatic nitrogens is 5. The van der Waals surface area contributed by atoms with Crippen LogP contribution in [0.2, 0.25) is 0 Å². The standard InChI is InChI=1S/C26H27F2N7O4S/c1-33-10-2-4-16(33)14-34-15-21(31-25(36)20-13-30-35-11-3-9-29-24(20)35)23(32-34)19-12-18(40(37,38)17-5-6-17)7-8-22(19)39-26(27)28/h3,7-9,11-13,15-17,26H,2,4-6,10,14H2,1H3,(H,31,36)/t16-/m1/s1. The second-order valence-electron chi connectivity index (χ2n) is 10.1. The lowest BCUT2D eigenvalue weighted by molar-refractivity contribution is -0.0494. The molecule has 40 heavy (non-hydrogen) atoms. The second kappa shape index (κ2) is 10.2. The van der Waals surface area contributed by atoms with E-state index >= 15 is 0 Å². The topological polar surface area (TPSA) is 124 Å². The van der Waals surface area contributed by atoms with Gasteiger partial charge >= 0.3 is 6.61 Å². The Kier molecular flexibility index (Phi) is 6.74. The molecule has 1 saturated heterocycles. The monoisotopic (exact) mass is 571 g/mol. The van der Waals surface area contributed by atoms with Crippen LogP contribution in [0, 0.1) is 0 Å². The zero-order chi connectivity index (χ0) is 28.0. The molecule has 1 aliphatic carbocycles. The minimum absolute atomic E-state index is 0.0132. The maximum atomic E-state index is 13.4. The van der Waals surface area contributed by atoms with Gasteiger partial charge < -0.3 is 15.0 Å². The Bertz CT molecular complexity index is 1680. The minimum atomic E-state index is -3.65. The van der Waals surface area contributed by atoms with E-state index in [9.17, 15) is 22.0 Å². The maximum Gasteiger partial charge on any atom is 0.387 e. The van der Waals surface area contributed by atoms with Crippen molar-refractivity contribution in [2.24, 2.45) is 0 Å². The van der Waals surface area contributed by atoms with E-state index in [0.29, 0.717) is 25.0 Å². The molecule has 4 aromatic rings. The van der Waals surface area contributed by atoms with Gasteiger partial charge in [0.2, 0.25) is 0 Å². The van der Waals surface area contributed by atoms with E-state index < -0.39 is 27.6 Å². The number of hydrogen-bond donors (Lipinski definition) is 1. The Morgan fingerprint density at radius 1 is 1.25 bits per heavy atom. The number of likely N-dealkylation sites (tertiary alicyclic amines) is 1. The number of anilines is 1. The molecule has 0 unspecified atom stereocenters. The lowest BCUT2D eigenvalue weighted by Crippen LogP contribution is -2.29.